The maximum Gasteiger partial charge on any atom is 0.302 e. The Morgan fingerprint density at radius 3 is 2.89 bits per heavy atom. The monoisotopic (exact) mass is 247 g/mol. The predicted molar refractivity (Wildman–Crippen MR) is 69.2 cm³/mol. The van der Waals surface area contributed by atoms with Crippen molar-refractivity contribution in [3.8, 4) is 0 Å². The average Bonchev–Trinajstić information content (AvgIpc) is 2.76. The zero-order valence-corrected chi connectivity index (χ0v) is 10.3. The number of benzene rings is 1. The molecule has 96 valence electrons. The minimum Gasteiger partial charge on any atom is -0.465 e. The summed E-state index contributed by atoms with van der Waals surface area (Å²) in [5, 5.41) is 10.4. The van der Waals surface area contributed by atoms with Crippen molar-refractivity contribution < 1.29 is 14.6 Å². The molecule has 4 heteroatoms. The fourth-order valence-corrected chi connectivity index (χ4v) is 1.97. The molecule has 0 amide bonds. The number of nitrogens with one attached hydrogen (secondary N) is 1. The summed E-state index contributed by atoms with van der Waals surface area (Å²) in [6.45, 7) is 1.63. The molecule has 1 atom stereocenters. The SMILES string of the molecule is CC(=O)OCC(CO)Cc1cc2ccccc2[nH]1. The van der Waals surface area contributed by atoms with Crippen molar-refractivity contribution in [2.75, 3.05) is 13.2 Å². The number of esters is 1. The number of H-pyrrole nitrogens is 1. The summed E-state index contributed by atoms with van der Waals surface area (Å²) >= 11 is 0. The van der Waals surface area contributed by atoms with E-state index in [1.165, 1.54) is 6.92 Å². The molecule has 0 spiro atoms. The number of hydrogen-bond acceptors (Lipinski definition) is 3. The number of ether oxygens (including phenoxy) is 1. The number of rotatable bonds is 5. The van der Waals surface area contributed by atoms with Crippen molar-refractivity contribution in [1.82, 2.24) is 4.98 Å². The molecule has 0 saturated carbocycles. The summed E-state index contributed by atoms with van der Waals surface area (Å²) in [6, 6.07) is 10.1. The molecule has 0 aliphatic rings. The van der Waals surface area contributed by atoms with E-state index in [-0.39, 0.29) is 25.1 Å². The van der Waals surface area contributed by atoms with Gasteiger partial charge in [0.05, 0.1) is 6.61 Å². The average molecular weight is 247 g/mol. The highest BCUT2D eigenvalue weighted by Crippen LogP contribution is 2.17. The molecule has 0 saturated heterocycles. The molecule has 0 aliphatic heterocycles. The number of fused-ring (bicyclic) bond motifs is 1. The fourth-order valence-electron chi connectivity index (χ4n) is 1.97. The van der Waals surface area contributed by atoms with Gasteiger partial charge in [-0.25, -0.2) is 0 Å². The maximum atomic E-state index is 10.7. The molecule has 1 aromatic heterocycles. The van der Waals surface area contributed by atoms with Crippen molar-refractivity contribution >= 4 is 16.9 Å². The standard InChI is InChI=1S/C14H17NO3/c1-10(17)18-9-11(8-16)6-13-7-12-4-2-3-5-14(12)15-13/h2-5,7,11,15-16H,6,8-9H2,1H3. The number of hydrogen-bond donors (Lipinski definition) is 2. The van der Waals surface area contributed by atoms with Gasteiger partial charge in [-0.3, -0.25) is 4.79 Å². The second-order valence-electron chi connectivity index (χ2n) is 4.44. The molecule has 0 aliphatic carbocycles. The van der Waals surface area contributed by atoms with Gasteiger partial charge in [0, 0.05) is 30.7 Å². The van der Waals surface area contributed by atoms with E-state index in [1.54, 1.807) is 0 Å². The third kappa shape index (κ3) is 3.11. The number of carbonyl (C=O) groups excluding carboxylic acids is 1. The fraction of sp³-hybridized carbons (Fsp3) is 0.357. The number of carbonyl (C=O) groups is 1. The molecule has 4 nitrogen and oxygen atoms in total. The molecule has 0 bridgehead atoms. The second kappa shape index (κ2) is 5.69. The summed E-state index contributed by atoms with van der Waals surface area (Å²) in [6.07, 6.45) is 0.665. The van der Waals surface area contributed by atoms with Gasteiger partial charge in [0.15, 0.2) is 0 Å². The molecule has 2 rings (SSSR count). The summed E-state index contributed by atoms with van der Waals surface area (Å²) in [4.78, 5) is 14.0. The highest BCUT2D eigenvalue weighted by Gasteiger charge is 2.12. The van der Waals surface area contributed by atoms with Gasteiger partial charge in [-0.15, -0.1) is 0 Å². The lowest BCUT2D eigenvalue weighted by atomic mass is 10.1. The molecule has 1 aromatic carbocycles. The van der Waals surface area contributed by atoms with Crippen LogP contribution in [0.5, 0.6) is 0 Å². The Kier molecular flexibility index (Phi) is 3.99. The lowest BCUT2D eigenvalue weighted by Crippen LogP contribution is -2.18. The van der Waals surface area contributed by atoms with Crippen LogP contribution in [0.25, 0.3) is 10.9 Å². The van der Waals surface area contributed by atoms with Crippen LogP contribution in [0.2, 0.25) is 0 Å². The Morgan fingerprint density at radius 1 is 1.44 bits per heavy atom. The van der Waals surface area contributed by atoms with Gasteiger partial charge in [-0.2, -0.15) is 0 Å². The van der Waals surface area contributed by atoms with Crippen LogP contribution in [-0.4, -0.2) is 29.3 Å². The molecule has 1 unspecified atom stereocenters. The van der Waals surface area contributed by atoms with Gasteiger partial charge in [0.1, 0.15) is 0 Å². The summed E-state index contributed by atoms with van der Waals surface area (Å²) < 4.78 is 4.93. The van der Waals surface area contributed by atoms with Gasteiger partial charge >= 0.3 is 5.97 Å². The van der Waals surface area contributed by atoms with Crippen LogP contribution in [0, 0.1) is 5.92 Å². The summed E-state index contributed by atoms with van der Waals surface area (Å²) in [5.41, 5.74) is 2.12. The lowest BCUT2D eigenvalue weighted by Gasteiger charge is -2.12. The number of para-hydroxylation sites is 1. The van der Waals surface area contributed by atoms with Crippen LogP contribution in [-0.2, 0) is 16.0 Å². The van der Waals surface area contributed by atoms with Crippen molar-refractivity contribution in [2.24, 2.45) is 5.92 Å². The molecule has 0 radical (unpaired) electrons. The quantitative estimate of drug-likeness (QED) is 0.793. The first kappa shape index (κ1) is 12.6. The van der Waals surface area contributed by atoms with Gasteiger partial charge in [-0.1, -0.05) is 18.2 Å². The zero-order chi connectivity index (χ0) is 13.0. The van der Waals surface area contributed by atoms with Gasteiger partial charge in [0.2, 0.25) is 0 Å². The normalized spacial score (nSPS) is 12.6. The first-order valence-corrected chi connectivity index (χ1v) is 6.00. The van der Waals surface area contributed by atoms with Crippen LogP contribution in [0.15, 0.2) is 30.3 Å². The van der Waals surface area contributed by atoms with Crippen molar-refractivity contribution in [3.05, 3.63) is 36.0 Å². The highest BCUT2D eigenvalue weighted by molar-refractivity contribution is 5.80. The van der Waals surface area contributed by atoms with Gasteiger partial charge in [-0.05, 0) is 23.9 Å². The third-order valence-electron chi connectivity index (χ3n) is 2.87. The Balaban J connectivity index is 2.04. The Hall–Kier alpha value is -1.81. The largest absolute Gasteiger partial charge is 0.465 e. The predicted octanol–water partition coefficient (Wildman–Crippen LogP) is 1.88. The van der Waals surface area contributed by atoms with Crippen LogP contribution in [0.4, 0.5) is 0 Å². The third-order valence-corrected chi connectivity index (χ3v) is 2.87. The maximum absolute atomic E-state index is 10.7. The minimum atomic E-state index is -0.315. The van der Waals surface area contributed by atoms with Crippen molar-refractivity contribution in [2.45, 2.75) is 13.3 Å². The zero-order valence-electron chi connectivity index (χ0n) is 10.3. The smallest absolute Gasteiger partial charge is 0.302 e. The first-order valence-electron chi connectivity index (χ1n) is 6.00. The molecule has 2 aromatic rings. The lowest BCUT2D eigenvalue weighted by molar-refractivity contribution is -0.142. The Bertz CT molecular complexity index is 500. The topological polar surface area (TPSA) is 62.3 Å². The second-order valence-corrected chi connectivity index (χ2v) is 4.44. The molecule has 2 N–H and O–H groups in total. The van der Waals surface area contributed by atoms with Crippen LogP contribution < -0.4 is 0 Å². The van der Waals surface area contributed by atoms with E-state index >= 15 is 0 Å². The highest BCUT2D eigenvalue weighted by atomic mass is 16.5. The van der Waals surface area contributed by atoms with E-state index in [0.29, 0.717) is 6.42 Å². The molecule has 1 heterocycles. The number of aliphatic hydroxyl groups excluding tert-OH is 1. The van der Waals surface area contributed by atoms with Crippen LogP contribution in [0.3, 0.4) is 0 Å². The van der Waals surface area contributed by atoms with E-state index in [4.69, 9.17) is 4.74 Å². The first-order chi connectivity index (χ1) is 8.69. The Morgan fingerprint density at radius 2 is 2.22 bits per heavy atom. The molecule has 0 fully saturated rings. The molecule has 18 heavy (non-hydrogen) atoms. The Labute approximate surface area is 106 Å². The summed E-state index contributed by atoms with van der Waals surface area (Å²) in [7, 11) is 0. The van der Waals surface area contributed by atoms with Crippen LogP contribution >= 0.6 is 0 Å². The molecular formula is C14H17NO3. The van der Waals surface area contributed by atoms with Crippen LogP contribution in [0.1, 0.15) is 12.6 Å². The minimum absolute atomic E-state index is 0.00262. The molecular weight excluding hydrogens is 230 g/mol. The van der Waals surface area contributed by atoms with Crippen molar-refractivity contribution in [3.63, 3.8) is 0 Å². The van der Waals surface area contributed by atoms with Gasteiger partial charge in [0.25, 0.3) is 0 Å². The van der Waals surface area contributed by atoms with E-state index in [2.05, 4.69) is 11.1 Å². The van der Waals surface area contributed by atoms with Crippen molar-refractivity contribution in [1.29, 1.82) is 0 Å². The van der Waals surface area contributed by atoms with Gasteiger partial charge < -0.3 is 14.8 Å². The number of aromatic amines is 1. The number of aliphatic hydroxyl groups is 1. The number of aromatic nitrogens is 1. The van der Waals surface area contributed by atoms with E-state index < -0.39 is 0 Å². The van der Waals surface area contributed by atoms with E-state index in [0.717, 1.165) is 16.6 Å². The van der Waals surface area contributed by atoms with E-state index in [9.17, 15) is 9.90 Å². The van der Waals surface area contributed by atoms with E-state index in [1.807, 2.05) is 24.3 Å². The summed E-state index contributed by atoms with van der Waals surface area (Å²) in [5.74, 6) is -0.382.